The number of amidine groups is 1. The summed E-state index contributed by atoms with van der Waals surface area (Å²) in [5.41, 5.74) is 2.40. The largest absolute Gasteiger partial charge is 0.478 e. The number of nitrogens with zero attached hydrogens (tertiary/aromatic N) is 2. The molecule has 0 saturated heterocycles. The van der Waals surface area contributed by atoms with Gasteiger partial charge in [0, 0.05) is 11.3 Å². The summed E-state index contributed by atoms with van der Waals surface area (Å²) < 4.78 is 5.87. The highest BCUT2D eigenvalue weighted by Gasteiger charge is 2.35. The van der Waals surface area contributed by atoms with Crippen LogP contribution in [0, 0.1) is 0 Å². The molecule has 0 atom stereocenters. The molecule has 5 rings (SSSR count). The zero-order valence-electron chi connectivity index (χ0n) is 26.2. The summed E-state index contributed by atoms with van der Waals surface area (Å²) >= 11 is 7.08. The van der Waals surface area contributed by atoms with E-state index in [1.807, 2.05) is 60.7 Å². The number of furan rings is 1. The number of carbonyl (C=O) groups excluding carboxylic acids is 3. The molecule has 246 valence electrons. The molecule has 2 N–H and O–H groups in total. The SMILES string of the molecule is C=C/C=C\C(=C/C)N1C(=O)/C(=C/c2ccc(-c3ccc(C(=O)O)c(Cl)c3)o2)C(=O)N=C1SCC(=O)NC(c1ccccc1)c1ccccc1. The molecule has 0 unspecified atom stereocenters. The average Bonchev–Trinajstić information content (AvgIpc) is 3.58. The molecule has 1 aliphatic rings. The van der Waals surface area contributed by atoms with Gasteiger partial charge < -0.3 is 14.8 Å². The highest BCUT2D eigenvalue weighted by Crippen LogP contribution is 2.30. The summed E-state index contributed by atoms with van der Waals surface area (Å²) in [6, 6.07) is 26.2. The third-order valence-electron chi connectivity index (χ3n) is 7.31. The average molecular weight is 692 g/mol. The van der Waals surface area contributed by atoms with Gasteiger partial charge in [-0.2, -0.15) is 4.99 Å². The minimum Gasteiger partial charge on any atom is -0.478 e. The van der Waals surface area contributed by atoms with Crippen molar-refractivity contribution in [1.29, 1.82) is 0 Å². The number of aromatic carboxylic acids is 1. The zero-order valence-corrected chi connectivity index (χ0v) is 27.8. The van der Waals surface area contributed by atoms with Crippen LogP contribution in [0.15, 0.2) is 143 Å². The van der Waals surface area contributed by atoms with Crippen molar-refractivity contribution in [3.8, 4) is 11.3 Å². The molecule has 3 amide bonds. The lowest BCUT2D eigenvalue weighted by molar-refractivity contribution is -0.126. The third kappa shape index (κ3) is 8.24. The van der Waals surface area contributed by atoms with Gasteiger partial charge in [0.05, 0.1) is 22.4 Å². The highest BCUT2D eigenvalue weighted by molar-refractivity contribution is 8.14. The standard InChI is InChI=1S/C38H30ClN3O6S/c1-3-5-16-27(4-2)42-36(45)30(22-28-18-20-32(48-28)26-17-19-29(37(46)47)31(39)21-26)35(44)41-38(42)49-23-33(43)40-34(24-12-8-6-9-13-24)25-14-10-7-11-15-25/h3-22,34H,1,23H2,2H3,(H,40,43)(H,46,47)/b16-5-,27-4+,30-22+. The number of hydrogen-bond donors (Lipinski definition) is 2. The van der Waals surface area contributed by atoms with Crippen LogP contribution in [-0.4, -0.2) is 44.6 Å². The van der Waals surface area contributed by atoms with Crippen LogP contribution >= 0.6 is 23.4 Å². The van der Waals surface area contributed by atoms with Gasteiger partial charge in [-0.1, -0.05) is 115 Å². The topological polar surface area (TPSA) is 129 Å². The first-order valence-electron chi connectivity index (χ1n) is 15.0. The molecule has 2 heterocycles. The Bertz CT molecular complexity index is 1990. The number of amides is 3. The van der Waals surface area contributed by atoms with E-state index in [0.29, 0.717) is 17.0 Å². The van der Waals surface area contributed by atoms with Crippen molar-refractivity contribution >= 4 is 58.3 Å². The molecule has 49 heavy (non-hydrogen) atoms. The molecule has 4 aromatic rings. The molecule has 0 bridgehead atoms. The van der Waals surface area contributed by atoms with Crippen LogP contribution in [0.4, 0.5) is 0 Å². The molecule has 11 heteroatoms. The number of benzene rings is 3. The van der Waals surface area contributed by atoms with Gasteiger partial charge in [-0.15, -0.1) is 0 Å². The molecule has 0 aliphatic carbocycles. The van der Waals surface area contributed by atoms with Crippen LogP contribution in [0.2, 0.25) is 5.02 Å². The number of aliphatic imine (C=N–C) groups is 1. The van der Waals surface area contributed by atoms with E-state index in [1.54, 1.807) is 49.4 Å². The lowest BCUT2D eigenvalue weighted by atomic mass is 9.99. The van der Waals surface area contributed by atoms with Gasteiger partial charge >= 0.3 is 5.97 Å². The van der Waals surface area contributed by atoms with Gasteiger partial charge in [-0.3, -0.25) is 19.3 Å². The maximum atomic E-state index is 14.0. The summed E-state index contributed by atoms with van der Waals surface area (Å²) in [6.07, 6.45) is 7.80. The van der Waals surface area contributed by atoms with Gasteiger partial charge in [-0.25, -0.2) is 4.79 Å². The van der Waals surface area contributed by atoms with E-state index >= 15 is 0 Å². The summed E-state index contributed by atoms with van der Waals surface area (Å²) in [5.74, 6) is -2.55. The Labute approximate surface area is 292 Å². The maximum absolute atomic E-state index is 14.0. The number of thioether (sulfide) groups is 1. The first-order chi connectivity index (χ1) is 23.7. The van der Waals surface area contributed by atoms with Gasteiger partial charge in [0.2, 0.25) is 5.91 Å². The Morgan fingerprint density at radius 3 is 2.29 bits per heavy atom. The summed E-state index contributed by atoms with van der Waals surface area (Å²) in [6.45, 7) is 5.43. The molecule has 0 saturated carbocycles. The quantitative estimate of drug-likeness (QED) is 0.0937. The molecule has 1 aromatic heterocycles. The fourth-order valence-electron chi connectivity index (χ4n) is 4.96. The number of nitrogens with one attached hydrogen (secondary N) is 1. The predicted molar refractivity (Wildman–Crippen MR) is 192 cm³/mol. The Balaban J connectivity index is 1.40. The monoisotopic (exact) mass is 691 g/mol. The molecule has 3 aromatic carbocycles. The van der Waals surface area contributed by atoms with E-state index in [2.05, 4.69) is 16.9 Å². The second-order valence-electron chi connectivity index (χ2n) is 10.5. The molecular formula is C38H30ClN3O6S. The maximum Gasteiger partial charge on any atom is 0.337 e. The Hall–Kier alpha value is -5.71. The van der Waals surface area contributed by atoms with E-state index < -0.39 is 23.8 Å². The number of hydrogen-bond acceptors (Lipinski definition) is 6. The second kappa shape index (κ2) is 15.9. The first kappa shape index (κ1) is 34.6. The number of allylic oxidation sites excluding steroid dienone is 4. The number of halogens is 1. The second-order valence-corrected chi connectivity index (χ2v) is 11.9. The predicted octanol–water partition coefficient (Wildman–Crippen LogP) is 7.69. The van der Waals surface area contributed by atoms with E-state index in [-0.39, 0.29) is 38.7 Å². The van der Waals surface area contributed by atoms with Crippen molar-refractivity contribution in [2.24, 2.45) is 4.99 Å². The molecular weight excluding hydrogens is 662 g/mol. The van der Waals surface area contributed by atoms with E-state index in [0.717, 1.165) is 22.9 Å². The van der Waals surface area contributed by atoms with E-state index in [1.165, 1.54) is 23.1 Å². The van der Waals surface area contributed by atoms with Crippen molar-refractivity contribution < 1.29 is 28.7 Å². The Morgan fingerprint density at radius 2 is 1.69 bits per heavy atom. The Kier molecular flexibility index (Phi) is 11.3. The van der Waals surface area contributed by atoms with Gasteiger partial charge in [-0.05, 0) is 54.5 Å². The van der Waals surface area contributed by atoms with Crippen molar-refractivity contribution in [3.63, 3.8) is 0 Å². The smallest absolute Gasteiger partial charge is 0.337 e. The van der Waals surface area contributed by atoms with Crippen molar-refractivity contribution in [3.05, 3.63) is 161 Å². The highest BCUT2D eigenvalue weighted by atomic mass is 35.5. The third-order valence-corrected chi connectivity index (χ3v) is 8.56. The molecule has 0 spiro atoms. The lowest BCUT2D eigenvalue weighted by Crippen LogP contribution is -2.42. The van der Waals surface area contributed by atoms with Crippen molar-refractivity contribution in [2.45, 2.75) is 13.0 Å². The van der Waals surface area contributed by atoms with Gasteiger partial charge in [0.15, 0.2) is 5.17 Å². The van der Waals surface area contributed by atoms with Crippen LogP contribution in [-0.2, 0) is 14.4 Å². The van der Waals surface area contributed by atoms with Crippen LogP contribution in [0.5, 0.6) is 0 Å². The summed E-state index contributed by atoms with van der Waals surface area (Å²) in [4.78, 5) is 57.4. The zero-order chi connectivity index (χ0) is 34.9. The number of rotatable bonds is 11. The number of carboxylic acid groups (broad SMARTS) is 1. The van der Waals surface area contributed by atoms with E-state index in [9.17, 15) is 24.3 Å². The van der Waals surface area contributed by atoms with Gasteiger partial charge in [0.1, 0.15) is 17.1 Å². The Morgan fingerprint density at radius 1 is 1.02 bits per heavy atom. The summed E-state index contributed by atoms with van der Waals surface area (Å²) in [5, 5.41) is 12.4. The minimum atomic E-state index is -1.16. The van der Waals surface area contributed by atoms with Crippen LogP contribution in [0.25, 0.3) is 17.4 Å². The lowest BCUT2D eigenvalue weighted by Gasteiger charge is -2.28. The molecule has 9 nitrogen and oxygen atoms in total. The van der Waals surface area contributed by atoms with Crippen LogP contribution in [0.3, 0.4) is 0 Å². The summed E-state index contributed by atoms with van der Waals surface area (Å²) in [7, 11) is 0. The fourth-order valence-corrected chi connectivity index (χ4v) is 6.03. The van der Waals surface area contributed by atoms with Crippen LogP contribution < -0.4 is 5.32 Å². The molecule has 0 radical (unpaired) electrons. The van der Waals surface area contributed by atoms with Crippen molar-refractivity contribution in [2.75, 3.05) is 5.75 Å². The molecule has 1 aliphatic heterocycles. The van der Waals surface area contributed by atoms with Crippen LogP contribution in [0.1, 0.15) is 40.2 Å². The fraction of sp³-hybridized carbons (Fsp3) is 0.0789. The van der Waals surface area contributed by atoms with Gasteiger partial charge in [0.25, 0.3) is 11.8 Å². The molecule has 0 fully saturated rings. The number of carboxylic acids is 1. The van der Waals surface area contributed by atoms with E-state index in [4.69, 9.17) is 16.0 Å². The normalized spacial score (nSPS) is 14.4. The minimum absolute atomic E-state index is 0.0322. The number of carbonyl (C=O) groups is 4. The first-order valence-corrected chi connectivity index (χ1v) is 16.4. The van der Waals surface area contributed by atoms with Crippen molar-refractivity contribution in [1.82, 2.24) is 10.2 Å².